The molecule has 0 bridgehead atoms. The lowest BCUT2D eigenvalue weighted by Gasteiger charge is -2.19. The molecular weight excluding hydrogens is 278 g/mol. The highest BCUT2D eigenvalue weighted by atomic mass is 16.6. The van der Waals surface area contributed by atoms with E-state index in [4.69, 9.17) is 4.74 Å². The Bertz CT molecular complexity index is 546. The first kappa shape index (κ1) is 16.5. The van der Waals surface area contributed by atoms with Gasteiger partial charge in [0.05, 0.1) is 0 Å². The maximum Gasteiger partial charge on any atom is 0.407 e. The van der Waals surface area contributed by atoms with Gasteiger partial charge in [-0.05, 0) is 50.7 Å². The topological polar surface area (TPSA) is 55.4 Å². The van der Waals surface area contributed by atoms with Gasteiger partial charge in [0.15, 0.2) is 0 Å². The number of hydrogen-bond acceptors (Lipinski definition) is 3. The van der Waals surface area contributed by atoms with Crippen LogP contribution in [0.3, 0.4) is 0 Å². The summed E-state index contributed by atoms with van der Waals surface area (Å²) in [6, 6.07) is 8.33. The molecule has 120 valence electrons. The zero-order chi connectivity index (χ0) is 16.2. The van der Waals surface area contributed by atoms with Crippen LogP contribution < -0.4 is 5.32 Å². The van der Waals surface area contributed by atoms with Crippen molar-refractivity contribution in [2.75, 3.05) is 6.54 Å². The number of ketones is 1. The Morgan fingerprint density at radius 3 is 2.77 bits per heavy atom. The SMILES string of the molecule is CC(C)(C)OC(=O)NCCc1cccc(C2CCC(=O)C2)c1. The molecule has 4 nitrogen and oxygen atoms in total. The molecule has 1 aliphatic rings. The number of alkyl carbamates (subject to hydrolysis) is 1. The highest BCUT2D eigenvalue weighted by Gasteiger charge is 2.23. The van der Waals surface area contributed by atoms with Crippen molar-refractivity contribution in [3.63, 3.8) is 0 Å². The fourth-order valence-electron chi connectivity index (χ4n) is 2.72. The molecule has 1 N–H and O–H groups in total. The van der Waals surface area contributed by atoms with E-state index in [1.165, 1.54) is 11.1 Å². The lowest BCUT2D eigenvalue weighted by Crippen LogP contribution is -2.33. The molecule has 1 aliphatic carbocycles. The van der Waals surface area contributed by atoms with Gasteiger partial charge in [-0.2, -0.15) is 0 Å². The van der Waals surface area contributed by atoms with Gasteiger partial charge in [0.25, 0.3) is 0 Å². The molecule has 0 radical (unpaired) electrons. The minimum absolute atomic E-state index is 0.363. The summed E-state index contributed by atoms with van der Waals surface area (Å²) in [5.41, 5.74) is 1.94. The van der Waals surface area contributed by atoms with Crippen molar-refractivity contribution < 1.29 is 14.3 Å². The van der Waals surface area contributed by atoms with Gasteiger partial charge in [0.2, 0.25) is 0 Å². The number of rotatable bonds is 4. The maximum atomic E-state index is 11.6. The number of Topliss-reactive ketones (excluding diaryl/α,β-unsaturated/α-hetero) is 1. The molecule has 0 spiro atoms. The van der Waals surface area contributed by atoms with E-state index in [-0.39, 0.29) is 6.09 Å². The molecule has 22 heavy (non-hydrogen) atoms. The molecule has 1 aromatic carbocycles. The van der Waals surface area contributed by atoms with Crippen LogP contribution in [0.25, 0.3) is 0 Å². The van der Waals surface area contributed by atoms with E-state index in [1.807, 2.05) is 26.8 Å². The van der Waals surface area contributed by atoms with E-state index in [0.29, 0.717) is 31.1 Å². The Morgan fingerprint density at radius 2 is 2.14 bits per heavy atom. The molecular formula is C18H25NO3. The van der Waals surface area contributed by atoms with E-state index < -0.39 is 5.60 Å². The van der Waals surface area contributed by atoms with Crippen LogP contribution >= 0.6 is 0 Å². The summed E-state index contributed by atoms with van der Waals surface area (Å²) < 4.78 is 5.20. The molecule has 1 aromatic rings. The summed E-state index contributed by atoms with van der Waals surface area (Å²) in [6.07, 6.45) is 2.70. The van der Waals surface area contributed by atoms with Crippen LogP contribution in [-0.4, -0.2) is 24.0 Å². The van der Waals surface area contributed by atoms with Crippen molar-refractivity contribution in [1.82, 2.24) is 5.32 Å². The molecule has 1 amide bonds. The first-order valence-electron chi connectivity index (χ1n) is 7.91. The average Bonchev–Trinajstić information content (AvgIpc) is 2.84. The zero-order valence-corrected chi connectivity index (χ0v) is 13.6. The monoisotopic (exact) mass is 303 g/mol. The van der Waals surface area contributed by atoms with Crippen molar-refractivity contribution in [2.24, 2.45) is 0 Å². The summed E-state index contributed by atoms with van der Waals surface area (Å²) in [6.45, 7) is 6.08. The van der Waals surface area contributed by atoms with Gasteiger partial charge in [-0.1, -0.05) is 24.3 Å². The van der Waals surface area contributed by atoms with E-state index in [9.17, 15) is 9.59 Å². The summed E-state index contributed by atoms with van der Waals surface area (Å²) in [5.74, 6) is 0.730. The Kier molecular flexibility index (Phi) is 5.22. The van der Waals surface area contributed by atoms with Gasteiger partial charge in [-0.15, -0.1) is 0 Å². The second-order valence-electron chi connectivity index (χ2n) is 6.90. The van der Waals surface area contributed by atoms with Crippen LogP contribution in [0, 0.1) is 0 Å². The number of hydrogen-bond donors (Lipinski definition) is 1. The molecule has 0 aliphatic heterocycles. The fraction of sp³-hybridized carbons (Fsp3) is 0.556. The highest BCUT2D eigenvalue weighted by molar-refractivity contribution is 5.81. The Hall–Kier alpha value is -1.84. The molecule has 1 fully saturated rings. The average molecular weight is 303 g/mol. The minimum Gasteiger partial charge on any atom is -0.444 e. The number of carbonyl (C=O) groups is 2. The first-order valence-corrected chi connectivity index (χ1v) is 7.91. The van der Waals surface area contributed by atoms with Gasteiger partial charge in [0, 0.05) is 19.4 Å². The van der Waals surface area contributed by atoms with E-state index in [2.05, 4.69) is 23.5 Å². The van der Waals surface area contributed by atoms with Crippen LogP contribution in [0.1, 0.15) is 57.1 Å². The molecule has 4 heteroatoms. The molecule has 0 aromatic heterocycles. The van der Waals surface area contributed by atoms with E-state index in [0.717, 1.165) is 12.8 Å². The second kappa shape index (κ2) is 6.95. The van der Waals surface area contributed by atoms with Gasteiger partial charge in [0.1, 0.15) is 11.4 Å². The third-order valence-corrected chi connectivity index (χ3v) is 3.75. The van der Waals surface area contributed by atoms with Crippen LogP contribution in [0.15, 0.2) is 24.3 Å². The summed E-state index contributed by atoms with van der Waals surface area (Å²) in [4.78, 5) is 23.0. The van der Waals surface area contributed by atoms with Crippen molar-refractivity contribution in [1.29, 1.82) is 0 Å². The van der Waals surface area contributed by atoms with E-state index in [1.54, 1.807) is 0 Å². The number of amides is 1. The van der Waals surface area contributed by atoms with Crippen LogP contribution in [0.4, 0.5) is 4.79 Å². The normalized spacial score (nSPS) is 18.3. The predicted octanol–water partition coefficient (Wildman–Crippen LogP) is 3.59. The minimum atomic E-state index is -0.473. The molecule has 2 rings (SSSR count). The molecule has 0 saturated heterocycles. The van der Waals surface area contributed by atoms with Gasteiger partial charge in [-0.3, -0.25) is 4.79 Å². The lowest BCUT2D eigenvalue weighted by molar-refractivity contribution is -0.117. The van der Waals surface area contributed by atoms with Gasteiger partial charge < -0.3 is 10.1 Å². The molecule has 0 heterocycles. The van der Waals surface area contributed by atoms with Gasteiger partial charge in [-0.25, -0.2) is 4.79 Å². The number of nitrogens with one attached hydrogen (secondary N) is 1. The lowest BCUT2D eigenvalue weighted by atomic mass is 9.95. The predicted molar refractivity (Wildman–Crippen MR) is 86.0 cm³/mol. The van der Waals surface area contributed by atoms with Crippen LogP contribution in [0.2, 0.25) is 0 Å². The smallest absolute Gasteiger partial charge is 0.407 e. The third-order valence-electron chi connectivity index (χ3n) is 3.75. The second-order valence-corrected chi connectivity index (χ2v) is 6.90. The third kappa shape index (κ3) is 5.17. The Balaban J connectivity index is 1.83. The number of benzene rings is 1. The van der Waals surface area contributed by atoms with Crippen molar-refractivity contribution >= 4 is 11.9 Å². The molecule has 1 atom stereocenters. The fourth-order valence-corrected chi connectivity index (χ4v) is 2.72. The molecule has 1 unspecified atom stereocenters. The van der Waals surface area contributed by atoms with Crippen molar-refractivity contribution in [2.45, 2.75) is 58.0 Å². The summed E-state index contributed by atoms with van der Waals surface area (Å²) in [7, 11) is 0. The highest BCUT2D eigenvalue weighted by Crippen LogP contribution is 2.32. The quantitative estimate of drug-likeness (QED) is 0.924. The first-order chi connectivity index (χ1) is 10.3. The van der Waals surface area contributed by atoms with Gasteiger partial charge >= 0.3 is 6.09 Å². The summed E-state index contributed by atoms with van der Waals surface area (Å²) in [5, 5.41) is 2.77. The van der Waals surface area contributed by atoms with Crippen molar-refractivity contribution in [3.05, 3.63) is 35.4 Å². The van der Waals surface area contributed by atoms with Crippen LogP contribution in [0.5, 0.6) is 0 Å². The standard InChI is InChI=1S/C18H25NO3/c1-18(2,3)22-17(21)19-10-9-13-5-4-6-14(11-13)15-7-8-16(20)12-15/h4-6,11,15H,7-10,12H2,1-3H3,(H,19,21). The number of carbonyl (C=O) groups excluding carboxylic acids is 2. The zero-order valence-electron chi connectivity index (χ0n) is 13.6. The largest absolute Gasteiger partial charge is 0.444 e. The van der Waals surface area contributed by atoms with E-state index >= 15 is 0 Å². The Labute approximate surface area is 132 Å². The maximum absolute atomic E-state index is 11.6. The van der Waals surface area contributed by atoms with Crippen LogP contribution in [-0.2, 0) is 16.0 Å². The Morgan fingerprint density at radius 1 is 1.36 bits per heavy atom. The molecule has 1 saturated carbocycles. The number of ether oxygens (including phenoxy) is 1. The summed E-state index contributed by atoms with van der Waals surface area (Å²) >= 11 is 0. The van der Waals surface area contributed by atoms with Crippen molar-refractivity contribution in [3.8, 4) is 0 Å².